The van der Waals surface area contributed by atoms with Gasteiger partial charge in [-0.2, -0.15) is 0 Å². The smallest absolute Gasteiger partial charge is 0.309 e. The van der Waals surface area contributed by atoms with Gasteiger partial charge in [-0.25, -0.2) is 0 Å². The first-order valence-electron chi connectivity index (χ1n) is 7.86. The van der Waals surface area contributed by atoms with Gasteiger partial charge in [0, 0.05) is 11.8 Å². The lowest BCUT2D eigenvalue weighted by molar-refractivity contribution is -0.147. The molecule has 0 aliphatic carbocycles. The van der Waals surface area contributed by atoms with Gasteiger partial charge < -0.3 is 19.5 Å². The number of methoxy groups -OCH3 is 1. The number of benzene rings is 2. The van der Waals surface area contributed by atoms with Gasteiger partial charge >= 0.3 is 5.97 Å². The van der Waals surface area contributed by atoms with Gasteiger partial charge in [0.15, 0.2) is 6.61 Å². The summed E-state index contributed by atoms with van der Waals surface area (Å²) in [6.45, 7) is 1.78. The maximum absolute atomic E-state index is 11.8. The number of nitrogens with one attached hydrogen (secondary N) is 1. The zero-order valence-corrected chi connectivity index (χ0v) is 14.3. The zero-order valence-electron chi connectivity index (χ0n) is 14.3. The SMILES string of the molecule is COc1cccc(NC(=O)COC(=O)CCOc2ccccc2C)c1. The van der Waals surface area contributed by atoms with Gasteiger partial charge in [0.2, 0.25) is 0 Å². The zero-order chi connectivity index (χ0) is 18.1. The Morgan fingerprint density at radius 1 is 1.08 bits per heavy atom. The standard InChI is InChI=1S/C19H21NO5/c1-14-6-3-4-9-17(14)24-11-10-19(22)25-13-18(21)20-15-7-5-8-16(12-15)23-2/h3-9,12H,10-11,13H2,1-2H3,(H,20,21). The molecule has 0 aromatic heterocycles. The molecule has 25 heavy (non-hydrogen) atoms. The number of anilines is 1. The van der Waals surface area contributed by atoms with Crippen LogP contribution in [0.1, 0.15) is 12.0 Å². The second-order valence-electron chi connectivity index (χ2n) is 5.30. The van der Waals surface area contributed by atoms with E-state index in [1.807, 2.05) is 31.2 Å². The van der Waals surface area contributed by atoms with Crippen molar-refractivity contribution < 1.29 is 23.8 Å². The maximum atomic E-state index is 11.8. The van der Waals surface area contributed by atoms with Crippen LogP contribution in [-0.4, -0.2) is 32.2 Å². The minimum absolute atomic E-state index is 0.0702. The molecule has 0 saturated heterocycles. The first-order chi connectivity index (χ1) is 12.1. The number of aryl methyl sites for hydroxylation is 1. The van der Waals surface area contributed by atoms with Crippen molar-refractivity contribution in [3.05, 3.63) is 54.1 Å². The summed E-state index contributed by atoms with van der Waals surface area (Å²) in [6, 6.07) is 14.5. The van der Waals surface area contributed by atoms with E-state index in [0.717, 1.165) is 11.3 Å². The highest BCUT2D eigenvalue weighted by Crippen LogP contribution is 2.17. The van der Waals surface area contributed by atoms with Crippen molar-refractivity contribution in [2.24, 2.45) is 0 Å². The van der Waals surface area contributed by atoms with Crippen LogP contribution in [0.25, 0.3) is 0 Å². The number of hydrogen-bond acceptors (Lipinski definition) is 5. The van der Waals surface area contributed by atoms with Gasteiger partial charge in [0.1, 0.15) is 11.5 Å². The van der Waals surface area contributed by atoms with Gasteiger partial charge in [-0.3, -0.25) is 9.59 Å². The van der Waals surface area contributed by atoms with E-state index in [-0.39, 0.29) is 19.6 Å². The topological polar surface area (TPSA) is 73.9 Å². The molecule has 0 aliphatic heterocycles. The molecule has 0 spiro atoms. The van der Waals surface area contributed by atoms with Crippen LogP contribution in [0.3, 0.4) is 0 Å². The number of rotatable bonds is 8. The summed E-state index contributed by atoms with van der Waals surface area (Å²) >= 11 is 0. The van der Waals surface area contributed by atoms with E-state index in [0.29, 0.717) is 11.4 Å². The van der Waals surface area contributed by atoms with Crippen LogP contribution >= 0.6 is 0 Å². The fraction of sp³-hybridized carbons (Fsp3) is 0.263. The third kappa shape index (κ3) is 6.18. The second-order valence-corrected chi connectivity index (χ2v) is 5.30. The van der Waals surface area contributed by atoms with Gasteiger partial charge in [0.25, 0.3) is 5.91 Å². The Bertz CT molecular complexity index is 729. The largest absolute Gasteiger partial charge is 0.497 e. The van der Waals surface area contributed by atoms with Gasteiger partial charge in [-0.1, -0.05) is 24.3 Å². The van der Waals surface area contributed by atoms with Crippen LogP contribution in [-0.2, 0) is 14.3 Å². The lowest BCUT2D eigenvalue weighted by Gasteiger charge is -2.09. The number of hydrogen-bond donors (Lipinski definition) is 1. The summed E-state index contributed by atoms with van der Waals surface area (Å²) in [7, 11) is 1.54. The highest BCUT2D eigenvalue weighted by atomic mass is 16.5. The number of amides is 1. The molecule has 2 rings (SSSR count). The van der Waals surface area contributed by atoms with E-state index in [9.17, 15) is 9.59 Å². The molecule has 0 heterocycles. The van der Waals surface area contributed by atoms with Crippen molar-refractivity contribution in [3.63, 3.8) is 0 Å². The summed E-state index contributed by atoms with van der Waals surface area (Å²) in [6.07, 6.45) is 0.0702. The second kappa shape index (κ2) is 9.32. The first-order valence-corrected chi connectivity index (χ1v) is 7.86. The van der Waals surface area contributed by atoms with E-state index in [1.54, 1.807) is 31.4 Å². The van der Waals surface area contributed by atoms with Crippen LogP contribution in [0.2, 0.25) is 0 Å². The third-order valence-electron chi connectivity index (χ3n) is 3.38. The molecule has 0 aliphatic rings. The lowest BCUT2D eigenvalue weighted by Crippen LogP contribution is -2.21. The Kier molecular flexibility index (Phi) is 6.83. The van der Waals surface area contributed by atoms with Crippen molar-refractivity contribution in [2.75, 3.05) is 25.6 Å². The Hall–Kier alpha value is -3.02. The predicted octanol–water partition coefficient (Wildman–Crippen LogP) is 2.95. The normalized spacial score (nSPS) is 10.0. The van der Waals surface area contributed by atoms with E-state index >= 15 is 0 Å². The van der Waals surface area contributed by atoms with Crippen molar-refractivity contribution in [3.8, 4) is 11.5 Å². The Morgan fingerprint density at radius 3 is 2.64 bits per heavy atom. The average molecular weight is 343 g/mol. The van der Waals surface area contributed by atoms with Crippen LogP contribution in [0.5, 0.6) is 11.5 Å². The van der Waals surface area contributed by atoms with Crippen LogP contribution in [0.15, 0.2) is 48.5 Å². The molecular formula is C19H21NO5. The number of carbonyl (C=O) groups is 2. The van der Waals surface area contributed by atoms with E-state index in [2.05, 4.69) is 5.32 Å². The first kappa shape index (κ1) is 18.3. The maximum Gasteiger partial charge on any atom is 0.309 e. The molecule has 6 heteroatoms. The summed E-state index contributed by atoms with van der Waals surface area (Å²) in [4.78, 5) is 23.5. The molecule has 2 aromatic carbocycles. The fourth-order valence-electron chi connectivity index (χ4n) is 2.08. The van der Waals surface area contributed by atoms with Crippen LogP contribution in [0.4, 0.5) is 5.69 Å². The highest BCUT2D eigenvalue weighted by molar-refractivity contribution is 5.92. The summed E-state index contributed by atoms with van der Waals surface area (Å²) in [5.41, 5.74) is 1.57. The minimum atomic E-state index is -0.491. The molecule has 0 unspecified atom stereocenters. The Morgan fingerprint density at radius 2 is 1.88 bits per heavy atom. The summed E-state index contributed by atoms with van der Waals surface area (Å²) in [5.74, 6) is 0.449. The molecule has 2 aromatic rings. The molecule has 6 nitrogen and oxygen atoms in total. The van der Waals surface area contributed by atoms with Crippen molar-refractivity contribution >= 4 is 17.6 Å². The fourth-order valence-corrected chi connectivity index (χ4v) is 2.08. The Balaban J connectivity index is 1.68. The van der Waals surface area contributed by atoms with Crippen molar-refractivity contribution in [1.82, 2.24) is 0 Å². The molecule has 132 valence electrons. The molecule has 1 amide bonds. The molecule has 1 N–H and O–H groups in total. The number of esters is 1. The van der Waals surface area contributed by atoms with Gasteiger partial charge in [-0.15, -0.1) is 0 Å². The van der Waals surface area contributed by atoms with E-state index in [1.165, 1.54) is 0 Å². The van der Waals surface area contributed by atoms with Crippen LogP contribution in [0, 0.1) is 6.92 Å². The summed E-state index contributed by atoms with van der Waals surface area (Å²) < 4.78 is 15.5. The quantitative estimate of drug-likeness (QED) is 0.746. The molecule has 0 radical (unpaired) electrons. The highest BCUT2D eigenvalue weighted by Gasteiger charge is 2.09. The van der Waals surface area contributed by atoms with Crippen LogP contribution < -0.4 is 14.8 Å². The average Bonchev–Trinajstić information content (AvgIpc) is 2.62. The van der Waals surface area contributed by atoms with Gasteiger partial charge in [0.05, 0.1) is 20.1 Å². The number of carbonyl (C=O) groups excluding carboxylic acids is 2. The molecule has 0 saturated carbocycles. The van der Waals surface area contributed by atoms with E-state index in [4.69, 9.17) is 14.2 Å². The lowest BCUT2D eigenvalue weighted by atomic mass is 10.2. The van der Waals surface area contributed by atoms with E-state index < -0.39 is 11.9 Å². The molecule has 0 bridgehead atoms. The monoisotopic (exact) mass is 343 g/mol. The third-order valence-corrected chi connectivity index (χ3v) is 3.38. The summed E-state index contributed by atoms with van der Waals surface area (Å²) in [5, 5.41) is 2.63. The number of para-hydroxylation sites is 1. The van der Waals surface area contributed by atoms with Crippen molar-refractivity contribution in [1.29, 1.82) is 0 Å². The molecule has 0 fully saturated rings. The molecule has 0 atom stereocenters. The minimum Gasteiger partial charge on any atom is -0.497 e. The predicted molar refractivity (Wildman–Crippen MR) is 93.9 cm³/mol. The molecular weight excluding hydrogens is 322 g/mol. The Labute approximate surface area is 146 Å². The van der Waals surface area contributed by atoms with Crippen molar-refractivity contribution in [2.45, 2.75) is 13.3 Å². The van der Waals surface area contributed by atoms with Gasteiger partial charge in [-0.05, 0) is 30.7 Å². The number of ether oxygens (including phenoxy) is 3.